The van der Waals surface area contributed by atoms with Gasteiger partial charge in [-0.25, -0.2) is 0 Å². The number of nitrogens with zero attached hydrogens (tertiary/aromatic N) is 2. The molecule has 0 spiro atoms. The van der Waals surface area contributed by atoms with Gasteiger partial charge in [-0.2, -0.15) is 5.26 Å². The summed E-state index contributed by atoms with van der Waals surface area (Å²) in [6.07, 6.45) is 1.33. The molecule has 0 radical (unpaired) electrons. The highest BCUT2D eigenvalue weighted by atomic mass is 16.1. The van der Waals surface area contributed by atoms with Gasteiger partial charge in [0.25, 0.3) is 0 Å². The molecule has 1 aliphatic rings. The first-order chi connectivity index (χ1) is 5.72. The van der Waals surface area contributed by atoms with Crippen molar-refractivity contribution in [2.75, 3.05) is 19.6 Å². The van der Waals surface area contributed by atoms with Gasteiger partial charge >= 0.3 is 0 Å². The lowest BCUT2D eigenvalue weighted by Crippen LogP contribution is -2.26. The summed E-state index contributed by atoms with van der Waals surface area (Å²) in [6, 6.07) is 2.22. The first kappa shape index (κ1) is 9.01. The lowest BCUT2D eigenvalue weighted by atomic mass is 10.1. The number of rotatable bonds is 3. The molecule has 1 heterocycles. The normalized spacial score (nSPS) is 23.8. The molecule has 0 aliphatic carbocycles. The Hall–Kier alpha value is -1.08. The molecule has 1 amide bonds. The number of nitrogens with two attached hydrogens (primary N) is 1. The Balaban J connectivity index is 2.20. The molecule has 12 heavy (non-hydrogen) atoms. The maximum absolute atomic E-state index is 10.4. The molecule has 0 saturated carbocycles. The van der Waals surface area contributed by atoms with E-state index in [0.29, 0.717) is 13.0 Å². The van der Waals surface area contributed by atoms with Gasteiger partial charge in [0.1, 0.15) is 0 Å². The van der Waals surface area contributed by atoms with Crippen LogP contribution in [-0.2, 0) is 4.79 Å². The van der Waals surface area contributed by atoms with Gasteiger partial charge in [-0.05, 0) is 13.0 Å². The molecule has 1 saturated heterocycles. The van der Waals surface area contributed by atoms with Crippen LogP contribution in [0.5, 0.6) is 0 Å². The lowest BCUT2D eigenvalue weighted by Gasteiger charge is -2.12. The lowest BCUT2D eigenvalue weighted by molar-refractivity contribution is -0.118. The quantitative estimate of drug-likeness (QED) is 0.627. The van der Waals surface area contributed by atoms with Crippen LogP contribution < -0.4 is 5.73 Å². The minimum atomic E-state index is -0.268. The van der Waals surface area contributed by atoms with Crippen LogP contribution >= 0.6 is 0 Å². The molecule has 4 nitrogen and oxygen atoms in total. The zero-order chi connectivity index (χ0) is 8.97. The molecular weight excluding hydrogens is 154 g/mol. The van der Waals surface area contributed by atoms with Gasteiger partial charge in [-0.3, -0.25) is 4.79 Å². The minimum absolute atomic E-state index is 0.151. The van der Waals surface area contributed by atoms with E-state index in [9.17, 15) is 4.79 Å². The molecule has 4 heteroatoms. The van der Waals surface area contributed by atoms with E-state index in [4.69, 9.17) is 11.0 Å². The monoisotopic (exact) mass is 167 g/mol. The number of hydrogen-bond acceptors (Lipinski definition) is 3. The summed E-state index contributed by atoms with van der Waals surface area (Å²) >= 11 is 0. The molecule has 1 unspecified atom stereocenters. The van der Waals surface area contributed by atoms with Crippen LogP contribution in [0.4, 0.5) is 0 Å². The van der Waals surface area contributed by atoms with Crippen LogP contribution in [0.2, 0.25) is 0 Å². The number of amides is 1. The first-order valence-electron chi connectivity index (χ1n) is 4.12. The number of primary amides is 1. The average molecular weight is 167 g/mol. The second-order valence-corrected chi connectivity index (χ2v) is 3.13. The van der Waals surface area contributed by atoms with Gasteiger partial charge in [-0.1, -0.05) is 0 Å². The van der Waals surface area contributed by atoms with Crippen LogP contribution in [-0.4, -0.2) is 30.4 Å². The standard InChI is InChI=1S/C8H13N3O/c9-5-7-1-3-11(6-7)4-2-8(10)12/h7H,1-4,6H2,(H2,10,12). The van der Waals surface area contributed by atoms with Crippen LogP contribution in [0, 0.1) is 17.2 Å². The van der Waals surface area contributed by atoms with Gasteiger partial charge in [-0.15, -0.1) is 0 Å². The zero-order valence-electron chi connectivity index (χ0n) is 6.99. The van der Waals surface area contributed by atoms with Crippen LogP contribution in [0.25, 0.3) is 0 Å². The maximum Gasteiger partial charge on any atom is 0.218 e. The van der Waals surface area contributed by atoms with Crippen molar-refractivity contribution in [3.05, 3.63) is 0 Å². The Kier molecular flexibility index (Phi) is 3.06. The summed E-state index contributed by atoms with van der Waals surface area (Å²) in [5, 5.41) is 8.59. The van der Waals surface area contributed by atoms with E-state index in [-0.39, 0.29) is 11.8 Å². The largest absolute Gasteiger partial charge is 0.370 e. The fraction of sp³-hybridized carbons (Fsp3) is 0.750. The summed E-state index contributed by atoms with van der Waals surface area (Å²) in [6.45, 7) is 2.42. The Morgan fingerprint density at radius 2 is 2.50 bits per heavy atom. The molecule has 66 valence electrons. The number of likely N-dealkylation sites (tertiary alicyclic amines) is 1. The first-order valence-corrected chi connectivity index (χ1v) is 4.12. The molecule has 1 aliphatic heterocycles. The van der Waals surface area contributed by atoms with Gasteiger partial charge in [0, 0.05) is 19.5 Å². The molecule has 1 fully saturated rings. The second-order valence-electron chi connectivity index (χ2n) is 3.13. The SMILES string of the molecule is N#CC1CCN(CCC(N)=O)C1. The summed E-state index contributed by atoms with van der Waals surface area (Å²) < 4.78 is 0. The predicted octanol–water partition coefficient (Wildman–Crippen LogP) is -0.293. The fourth-order valence-corrected chi connectivity index (χ4v) is 1.41. The third-order valence-corrected chi connectivity index (χ3v) is 2.13. The Bertz CT molecular complexity index is 209. The van der Waals surface area contributed by atoms with Crippen molar-refractivity contribution in [1.29, 1.82) is 5.26 Å². The van der Waals surface area contributed by atoms with Crippen LogP contribution in [0.3, 0.4) is 0 Å². The van der Waals surface area contributed by atoms with Gasteiger partial charge in [0.2, 0.25) is 5.91 Å². The van der Waals surface area contributed by atoms with Crippen molar-refractivity contribution < 1.29 is 4.79 Å². The van der Waals surface area contributed by atoms with Gasteiger partial charge in [0.15, 0.2) is 0 Å². The molecular formula is C8H13N3O. The summed E-state index contributed by atoms with van der Waals surface area (Å²) in [4.78, 5) is 12.5. The van der Waals surface area contributed by atoms with E-state index in [0.717, 1.165) is 19.5 Å². The molecule has 1 rings (SSSR count). The van der Waals surface area contributed by atoms with Gasteiger partial charge < -0.3 is 10.6 Å². The van der Waals surface area contributed by atoms with Crippen molar-refractivity contribution in [3.8, 4) is 6.07 Å². The van der Waals surface area contributed by atoms with E-state index < -0.39 is 0 Å². The molecule has 0 aromatic heterocycles. The van der Waals surface area contributed by atoms with Crippen molar-refractivity contribution in [2.24, 2.45) is 11.7 Å². The Morgan fingerprint density at radius 1 is 1.75 bits per heavy atom. The van der Waals surface area contributed by atoms with Crippen LogP contribution in [0.15, 0.2) is 0 Å². The van der Waals surface area contributed by atoms with E-state index in [1.165, 1.54) is 0 Å². The molecule has 0 aromatic carbocycles. The average Bonchev–Trinajstić information content (AvgIpc) is 2.48. The highest BCUT2D eigenvalue weighted by molar-refractivity contribution is 5.73. The Labute approximate surface area is 71.9 Å². The number of nitriles is 1. The number of carbonyl (C=O) groups is 1. The van der Waals surface area contributed by atoms with Crippen molar-refractivity contribution in [2.45, 2.75) is 12.8 Å². The maximum atomic E-state index is 10.4. The van der Waals surface area contributed by atoms with E-state index in [2.05, 4.69) is 11.0 Å². The summed E-state index contributed by atoms with van der Waals surface area (Å²) in [5.41, 5.74) is 5.01. The van der Waals surface area contributed by atoms with E-state index in [1.807, 2.05) is 0 Å². The number of carbonyl (C=O) groups excluding carboxylic acids is 1. The van der Waals surface area contributed by atoms with Crippen molar-refractivity contribution in [1.82, 2.24) is 4.90 Å². The Morgan fingerprint density at radius 3 is 3.00 bits per heavy atom. The van der Waals surface area contributed by atoms with Gasteiger partial charge in [0.05, 0.1) is 12.0 Å². The summed E-state index contributed by atoms with van der Waals surface area (Å²) in [5.74, 6) is -0.117. The topological polar surface area (TPSA) is 70.1 Å². The molecule has 1 atom stereocenters. The number of hydrogen-bond donors (Lipinski definition) is 1. The summed E-state index contributed by atoms with van der Waals surface area (Å²) in [7, 11) is 0. The van der Waals surface area contributed by atoms with Crippen molar-refractivity contribution >= 4 is 5.91 Å². The molecule has 0 bridgehead atoms. The fourth-order valence-electron chi connectivity index (χ4n) is 1.41. The van der Waals surface area contributed by atoms with Crippen LogP contribution in [0.1, 0.15) is 12.8 Å². The third-order valence-electron chi connectivity index (χ3n) is 2.13. The smallest absolute Gasteiger partial charge is 0.218 e. The molecule has 0 aromatic rings. The van der Waals surface area contributed by atoms with Crippen molar-refractivity contribution in [3.63, 3.8) is 0 Å². The second kappa shape index (κ2) is 4.07. The zero-order valence-corrected chi connectivity index (χ0v) is 6.99. The van der Waals surface area contributed by atoms with E-state index >= 15 is 0 Å². The highest BCUT2D eigenvalue weighted by Gasteiger charge is 2.21. The predicted molar refractivity (Wildman–Crippen MR) is 44.0 cm³/mol. The van der Waals surface area contributed by atoms with E-state index in [1.54, 1.807) is 0 Å². The highest BCUT2D eigenvalue weighted by Crippen LogP contribution is 2.14. The minimum Gasteiger partial charge on any atom is -0.370 e. The molecule has 2 N–H and O–H groups in total. The third kappa shape index (κ3) is 2.51.